The van der Waals surface area contributed by atoms with Crippen LogP contribution in [0.1, 0.15) is 27.7 Å². The van der Waals surface area contributed by atoms with Gasteiger partial charge in [-0.3, -0.25) is 9.63 Å². The quantitative estimate of drug-likeness (QED) is 0.600. The SMILES string of the molecule is CC(NOC(C)(C)C)C(=O)O. The molecule has 66 valence electrons. The van der Waals surface area contributed by atoms with Crippen LogP contribution < -0.4 is 5.48 Å². The summed E-state index contributed by atoms with van der Waals surface area (Å²) < 4.78 is 0. The van der Waals surface area contributed by atoms with E-state index in [2.05, 4.69) is 5.48 Å². The fourth-order valence-corrected chi connectivity index (χ4v) is 0.316. The van der Waals surface area contributed by atoms with Crippen LogP contribution in [0.15, 0.2) is 0 Å². The molecule has 0 aromatic carbocycles. The standard InChI is InChI=1S/C7H15NO3/c1-5(6(9)10)8-11-7(2,3)4/h5,8H,1-4H3,(H,9,10). The fraction of sp³-hybridized carbons (Fsp3) is 0.857. The Morgan fingerprint density at radius 3 is 2.27 bits per heavy atom. The van der Waals surface area contributed by atoms with E-state index in [1.54, 1.807) is 0 Å². The second kappa shape index (κ2) is 3.69. The van der Waals surface area contributed by atoms with Crippen LogP contribution in [0.2, 0.25) is 0 Å². The molecule has 0 heterocycles. The van der Waals surface area contributed by atoms with E-state index in [1.165, 1.54) is 6.92 Å². The van der Waals surface area contributed by atoms with Gasteiger partial charge in [-0.2, -0.15) is 5.48 Å². The second-order valence-corrected chi connectivity index (χ2v) is 3.39. The highest BCUT2D eigenvalue weighted by Crippen LogP contribution is 2.03. The molecule has 0 saturated carbocycles. The van der Waals surface area contributed by atoms with E-state index in [0.717, 1.165) is 0 Å². The number of nitrogens with one attached hydrogen (secondary N) is 1. The third kappa shape index (κ3) is 5.82. The van der Waals surface area contributed by atoms with E-state index >= 15 is 0 Å². The monoisotopic (exact) mass is 161 g/mol. The molecule has 0 aromatic heterocycles. The number of aliphatic carboxylic acids is 1. The van der Waals surface area contributed by atoms with Gasteiger partial charge < -0.3 is 5.11 Å². The summed E-state index contributed by atoms with van der Waals surface area (Å²) in [5.41, 5.74) is 2.07. The van der Waals surface area contributed by atoms with Gasteiger partial charge in [0.15, 0.2) is 0 Å². The summed E-state index contributed by atoms with van der Waals surface area (Å²) in [4.78, 5) is 15.3. The minimum absolute atomic E-state index is 0.357. The van der Waals surface area contributed by atoms with Crippen molar-refractivity contribution >= 4 is 5.97 Å². The molecule has 0 aliphatic carbocycles. The van der Waals surface area contributed by atoms with E-state index < -0.39 is 12.0 Å². The molecule has 1 unspecified atom stereocenters. The molecule has 0 amide bonds. The summed E-state index contributed by atoms with van der Waals surface area (Å²) in [6, 6.07) is -0.672. The maximum absolute atomic E-state index is 10.3. The summed E-state index contributed by atoms with van der Waals surface area (Å²) in [5.74, 6) is -0.922. The lowest BCUT2D eigenvalue weighted by atomic mass is 10.2. The Bertz CT molecular complexity index is 139. The molecule has 4 nitrogen and oxygen atoms in total. The van der Waals surface area contributed by atoms with E-state index in [0.29, 0.717) is 0 Å². The fourth-order valence-electron chi connectivity index (χ4n) is 0.316. The molecule has 0 bridgehead atoms. The number of hydrogen-bond acceptors (Lipinski definition) is 3. The lowest BCUT2D eigenvalue weighted by Crippen LogP contribution is -2.39. The maximum atomic E-state index is 10.3. The Labute approximate surface area is 66.5 Å². The van der Waals surface area contributed by atoms with Gasteiger partial charge in [-0.05, 0) is 27.7 Å². The maximum Gasteiger partial charge on any atom is 0.322 e. The molecule has 0 fully saturated rings. The van der Waals surface area contributed by atoms with Crippen molar-refractivity contribution in [1.82, 2.24) is 5.48 Å². The lowest BCUT2D eigenvalue weighted by molar-refractivity contribution is -0.149. The number of rotatable bonds is 3. The van der Waals surface area contributed by atoms with E-state index in [4.69, 9.17) is 9.94 Å². The molecule has 0 spiro atoms. The molecule has 0 radical (unpaired) electrons. The van der Waals surface area contributed by atoms with E-state index in [1.807, 2.05) is 20.8 Å². The smallest absolute Gasteiger partial charge is 0.322 e. The molecule has 2 N–H and O–H groups in total. The van der Waals surface area contributed by atoms with Crippen LogP contribution in [0.3, 0.4) is 0 Å². The summed E-state index contributed by atoms with van der Waals surface area (Å²) in [5, 5.41) is 8.44. The van der Waals surface area contributed by atoms with Gasteiger partial charge in [0.25, 0.3) is 0 Å². The van der Waals surface area contributed by atoms with Crippen molar-refractivity contribution in [3.63, 3.8) is 0 Å². The lowest BCUT2D eigenvalue weighted by Gasteiger charge is -2.20. The van der Waals surface area contributed by atoms with Crippen molar-refractivity contribution in [3.05, 3.63) is 0 Å². The van der Waals surface area contributed by atoms with Crippen LogP contribution in [-0.4, -0.2) is 22.7 Å². The molecule has 4 heteroatoms. The zero-order valence-electron chi connectivity index (χ0n) is 7.34. The molecule has 0 aliphatic heterocycles. The molecule has 0 aliphatic rings. The minimum Gasteiger partial charge on any atom is -0.480 e. The Morgan fingerprint density at radius 2 is 2.00 bits per heavy atom. The Balaban J connectivity index is 3.63. The van der Waals surface area contributed by atoms with Crippen LogP contribution >= 0.6 is 0 Å². The Hall–Kier alpha value is -0.610. The first-order valence-corrected chi connectivity index (χ1v) is 3.49. The minimum atomic E-state index is -0.922. The second-order valence-electron chi connectivity index (χ2n) is 3.39. The van der Waals surface area contributed by atoms with Gasteiger partial charge in [0.2, 0.25) is 0 Å². The predicted molar refractivity (Wildman–Crippen MR) is 41.1 cm³/mol. The van der Waals surface area contributed by atoms with Crippen LogP contribution in [-0.2, 0) is 9.63 Å². The average Bonchev–Trinajstić information content (AvgIpc) is 1.80. The average molecular weight is 161 g/mol. The highest BCUT2D eigenvalue weighted by atomic mass is 16.7. The zero-order valence-corrected chi connectivity index (χ0v) is 7.34. The summed E-state index contributed by atoms with van der Waals surface area (Å²) in [6.45, 7) is 7.05. The van der Waals surface area contributed by atoms with Gasteiger partial charge in [0.1, 0.15) is 6.04 Å². The molecule has 0 aromatic rings. The third-order valence-electron chi connectivity index (χ3n) is 0.912. The first-order valence-electron chi connectivity index (χ1n) is 3.49. The number of carbonyl (C=O) groups is 1. The number of carboxylic acid groups (broad SMARTS) is 1. The first-order chi connectivity index (χ1) is 4.83. The zero-order chi connectivity index (χ0) is 9.07. The molecule has 11 heavy (non-hydrogen) atoms. The van der Waals surface area contributed by atoms with Gasteiger partial charge in [0.05, 0.1) is 5.60 Å². The van der Waals surface area contributed by atoms with Gasteiger partial charge in [-0.25, -0.2) is 0 Å². The number of hydroxylamine groups is 1. The van der Waals surface area contributed by atoms with Crippen molar-refractivity contribution in [3.8, 4) is 0 Å². The van der Waals surface area contributed by atoms with Crippen molar-refractivity contribution < 1.29 is 14.7 Å². The highest BCUT2D eigenvalue weighted by molar-refractivity contribution is 5.72. The summed E-state index contributed by atoms with van der Waals surface area (Å²) in [6.07, 6.45) is 0. The molecule has 0 rings (SSSR count). The van der Waals surface area contributed by atoms with E-state index in [-0.39, 0.29) is 5.60 Å². The van der Waals surface area contributed by atoms with Crippen LogP contribution in [0.5, 0.6) is 0 Å². The largest absolute Gasteiger partial charge is 0.480 e. The van der Waals surface area contributed by atoms with E-state index in [9.17, 15) is 4.79 Å². The van der Waals surface area contributed by atoms with Crippen LogP contribution in [0.25, 0.3) is 0 Å². The van der Waals surface area contributed by atoms with Crippen LogP contribution in [0, 0.1) is 0 Å². The molecule has 1 atom stereocenters. The van der Waals surface area contributed by atoms with Gasteiger partial charge in [0, 0.05) is 0 Å². The van der Waals surface area contributed by atoms with Gasteiger partial charge >= 0.3 is 5.97 Å². The topological polar surface area (TPSA) is 58.6 Å². The first kappa shape index (κ1) is 10.4. The van der Waals surface area contributed by atoms with Crippen molar-refractivity contribution in [2.45, 2.75) is 39.3 Å². The third-order valence-corrected chi connectivity index (χ3v) is 0.912. The van der Waals surface area contributed by atoms with Crippen molar-refractivity contribution in [2.24, 2.45) is 0 Å². The van der Waals surface area contributed by atoms with Crippen LogP contribution in [0.4, 0.5) is 0 Å². The van der Waals surface area contributed by atoms with Crippen molar-refractivity contribution in [1.29, 1.82) is 0 Å². The predicted octanol–water partition coefficient (Wildman–Crippen LogP) is 0.779. The normalized spacial score (nSPS) is 14.5. The Kier molecular flexibility index (Phi) is 3.48. The summed E-state index contributed by atoms with van der Waals surface area (Å²) in [7, 11) is 0. The van der Waals surface area contributed by atoms with Gasteiger partial charge in [-0.1, -0.05) is 0 Å². The van der Waals surface area contributed by atoms with Crippen molar-refractivity contribution in [2.75, 3.05) is 0 Å². The number of hydrogen-bond donors (Lipinski definition) is 2. The summed E-state index contributed by atoms with van der Waals surface area (Å²) >= 11 is 0. The molecular weight excluding hydrogens is 146 g/mol. The van der Waals surface area contributed by atoms with Gasteiger partial charge in [-0.15, -0.1) is 0 Å². The number of carboxylic acids is 1. The molecular formula is C7H15NO3. The molecule has 0 saturated heterocycles. The Morgan fingerprint density at radius 1 is 1.55 bits per heavy atom. The highest BCUT2D eigenvalue weighted by Gasteiger charge is 2.15.